The normalized spacial score (nSPS) is 10.0. The van der Waals surface area contributed by atoms with Gasteiger partial charge in [0.15, 0.2) is 0 Å². The highest BCUT2D eigenvalue weighted by Crippen LogP contribution is 2.13. The quantitative estimate of drug-likeness (QED) is 0.845. The van der Waals surface area contributed by atoms with E-state index in [0.29, 0.717) is 5.56 Å². The number of hydrogen-bond donors (Lipinski definition) is 2. The van der Waals surface area contributed by atoms with Gasteiger partial charge in [-0.1, -0.05) is 12.1 Å². The maximum Gasteiger partial charge on any atom is 0.313 e. The van der Waals surface area contributed by atoms with Crippen LogP contribution in [-0.4, -0.2) is 16.8 Å². The summed E-state index contributed by atoms with van der Waals surface area (Å²) in [4.78, 5) is 27.2. The Kier molecular flexibility index (Phi) is 4.61. The van der Waals surface area contributed by atoms with Crippen molar-refractivity contribution in [1.82, 2.24) is 10.3 Å². The Morgan fingerprint density at radius 1 is 1.24 bits per heavy atom. The van der Waals surface area contributed by atoms with E-state index >= 15 is 0 Å². The molecular weight excluding hydrogens is 273 g/mol. The molecular formula is C15H14FN3O2. The van der Waals surface area contributed by atoms with Crippen molar-refractivity contribution in [2.24, 2.45) is 0 Å². The van der Waals surface area contributed by atoms with E-state index in [2.05, 4.69) is 15.6 Å². The third kappa shape index (κ3) is 4.10. The highest BCUT2D eigenvalue weighted by Gasteiger charge is 2.13. The van der Waals surface area contributed by atoms with Crippen molar-refractivity contribution in [2.75, 3.05) is 5.32 Å². The molecule has 0 aliphatic heterocycles. The minimum absolute atomic E-state index is 0.197. The Morgan fingerprint density at radius 2 is 2.05 bits per heavy atom. The summed E-state index contributed by atoms with van der Waals surface area (Å²) in [6.07, 6.45) is 3.21. The number of nitrogens with one attached hydrogen (secondary N) is 2. The lowest BCUT2D eigenvalue weighted by Crippen LogP contribution is -2.35. The van der Waals surface area contributed by atoms with Crippen LogP contribution in [0.15, 0.2) is 42.7 Å². The van der Waals surface area contributed by atoms with Crippen LogP contribution < -0.4 is 10.6 Å². The molecule has 1 aromatic carbocycles. The smallest absolute Gasteiger partial charge is 0.313 e. The number of aryl methyl sites for hydroxylation is 1. The zero-order valence-corrected chi connectivity index (χ0v) is 11.4. The van der Waals surface area contributed by atoms with Gasteiger partial charge in [-0.15, -0.1) is 0 Å². The molecule has 108 valence electrons. The lowest BCUT2D eigenvalue weighted by Gasteiger charge is -2.07. The minimum atomic E-state index is -0.845. The summed E-state index contributed by atoms with van der Waals surface area (Å²) in [7, 11) is 0. The van der Waals surface area contributed by atoms with Gasteiger partial charge in [-0.2, -0.15) is 0 Å². The lowest BCUT2D eigenvalue weighted by molar-refractivity contribution is -0.136. The Hall–Kier alpha value is -2.76. The molecule has 0 aliphatic rings. The van der Waals surface area contributed by atoms with E-state index < -0.39 is 17.6 Å². The molecule has 1 aromatic heterocycles. The SMILES string of the molecule is Cc1ccc(NC(=O)C(=O)NCc2cccnc2)cc1F. The molecule has 2 aromatic rings. The van der Waals surface area contributed by atoms with Crippen LogP contribution in [-0.2, 0) is 16.1 Å². The summed E-state index contributed by atoms with van der Waals surface area (Å²) < 4.78 is 13.3. The first-order valence-corrected chi connectivity index (χ1v) is 6.30. The van der Waals surface area contributed by atoms with Crippen molar-refractivity contribution < 1.29 is 14.0 Å². The molecule has 2 rings (SSSR count). The first-order chi connectivity index (χ1) is 10.1. The second-order valence-electron chi connectivity index (χ2n) is 4.46. The number of nitrogens with zero attached hydrogens (tertiary/aromatic N) is 1. The first-order valence-electron chi connectivity index (χ1n) is 6.30. The molecule has 1 heterocycles. The van der Waals surface area contributed by atoms with Crippen molar-refractivity contribution in [3.63, 3.8) is 0 Å². The predicted molar refractivity (Wildman–Crippen MR) is 75.9 cm³/mol. The molecule has 6 heteroatoms. The number of pyridine rings is 1. The fourth-order valence-corrected chi connectivity index (χ4v) is 1.62. The van der Waals surface area contributed by atoms with Crippen molar-refractivity contribution in [3.8, 4) is 0 Å². The molecule has 0 aliphatic carbocycles. The number of carbonyl (C=O) groups excluding carboxylic acids is 2. The van der Waals surface area contributed by atoms with E-state index in [1.807, 2.05) is 0 Å². The lowest BCUT2D eigenvalue weighted by atomic mass is 10.2. The Balaban J connectivity index is 1.90. The summed E-state index contributed by atoms with van der Waals surface area (Å²) in [5.74, 6) is -2.08. The molecule has 21 heavy (non-hydrogen) atoms. The number of anilines is 1. The molecule has 5 nitrogen and oxygen atoms in total. The van der Waals surface area contributed by atoms with Gasteiger partial charge in [0.2, 0.25) is 0 Å². The maximum atomic E-state index is 13.3. The van der Waals surface area contributed by atoms with E-state index in [0.717, 1.165) is 5.56 Å². The molecule has 0 saturated heterocycles. The molecule has 2 amide bonds. The van der Waals surface area contributed by atoms with Crippen molar-refractivity contribution in [3.05, 3.63) is 59.7 Å². The summed E-state index contributed by atoms with van der Waals surface area (Å²) in [6.45, 7) is 1.81. The van der Waals surface area contributed by atoms with Gasteiger partial charge < -0.3 is 10.6 Å². The zero-order valence-electron chi connectivity index (χ0n) is 11.4. The van der Waals surface area contributed by atoms with Crippen molar-refractivity contribution >= 4 is 17.5 Å². The number of hydrogen-bond acceptors (Lipinski definition) is 3. The number of carbonyl (C=O) groups is 2. The van der Waals surface area contributed by atoms with Gasteiger partial charge in [-0.25, -0.2) is 4.39 Å². The summed E-state index contributed by atoms with van der Waals surface area (Å²) in [5, 5.41) is 4.80. The van der Waals surface area contributed by atoms with E-state index in [1.165, 1.54) is 18.2 Å². The summed E-state index contributed by atoms with van der Waals surface area (Å²) >= 11 is 0. The number of rotatable bonds is 3. The molecule has 0 bridgehead atoms. The number of amides is 2. The fourth-order valence-electron chi connectivity index (χ4n) is 1.62. The average Bonchev–Trinajstić information content (AvgIpc) is 2.49. The average molecular weight is 287 g/mol. The zero-order chi connectivity index (χ0) is 15.2. The Bertz CT molecular complexity index is 659. The molecule has 0 atom stereocenters. The van der Waals surface area contributed by atoms with E-state index in [1.54, 1.807) is 31.5 Å². The van der Waals surface area contributed by atoms with Crippen molar-refractivity contribution in [1.29, 1.82) is 0 Å². The van der Waals surface area contributed by atoms with Crippen LogP contribution in [0.2, 0.25) is 0 Å². The van der Waals surface area contributed by atoms with Crippen LogP contribution in [0.3, 0.4) is 0 Å². The van der Waals surface area contributed by atoms with Gasteiger partial charge in [0.05, 0.1) is 0 Å². The summed E-state index contributed by atoms with van der Waals surface area (Å²) in [5.41, 5.74) is 1.48. The van der Waals surface area contributed by atoms with Crippen LogP contribution in [0, 0.1) is 12.7 Å². The number of aromatic nitrogens is 1. The molecule has 2 N–H and O–H groups in total. The minimum Gasteiger partial charge on any atom is -0.344 e. The molecule has 0 unspecified atom stereocenters. The molecule has 0 fully saturated rings. The Labute approximate surface area is 121 Å². The van der Waals surface area contributed by atoms with E-state index in [-0.39, 0.29) is 12.2 Å². The highest BCUT2D eigenvalue weighted by atomic mass is 19.1. The van der Waals surface area contributed by atoms with E-state index in [9.17, 15) is 14.0 Å². The number of benzene rings is 1. The topological polar surface area (TPSA) is 71.1 Å². The van der Waals surface area contributed by atoms with Crippen LogP contribution in [0.25, 0.3) is 0 Å². The van der Waals surface area contributed by atoms with Gasteiger partial charge in [0.25, 0.3) is 0 Å². The second kappa shape index (κ2) is 6.60. The van der Waals surface area contributed by atoms with Gasteiger partial charge in [0.1, 0.15) is 5.82 Å². The Morgan fingerprint density at radius 3 is 2.71 bits per heavy atom. The first kappa shape index (κ1) is 14.6. The molecule has 0 saturated carbocycles. The molecule has 0 spiro atoms. The largest absolute Gasteiger partial charge is 0.344 e. The van der Waals surface area contributed by atoms with Gasteiger partial charge >= 0.3 is 11.8 Å². The van der Waals surface area contributed by atoms with Crippen LogP contribution in [0.5, 0.6) is 0 Å². The van der Waals surface area contributed by atoms with Gasteiger partial charge in [0, 0.05) is 24.6 Å². The van der Waals surface area contributed by atoms with Crippen LogP contribution in [0.4, 0.5) is 10.1 Å². The van der Waals surface area contributed by atoms with E-state index in [4.69, 9.17) is 0 Å². The monoisotopic (exact) mass is 287 g/mol. The molecule has 0 radical (unpaired) electrons. The fraction of sp³-hybridized carbons (Fsp3) is 0.133. The second-order valence-corrected chi connectivity index (χ2v) is 4.46. The maximum absolute atomic E-state index is 13.3. The van der Waals surface area contributed by atoms with Crippen molar-refractivity contribution in [2.45, 2.75) is 13.5 Å². The third-order valence-electron chi connectivity index (χ3n) is 2.81. The van der Waals surface area contributed by atoms with Gasteiger partial charge in [-0.05, 0) is 36.2 Å². The highest BCUT2D eigenvalue weighted by molar-refractivity contribution is 6.39. The standard InChI is InChI=1S/C15H14FN3O2/c1-10-4-5-12(7-13(10)16)19-15(21)14(20)18-9-11-3-2-6-17-8-11/h2-8H,9H2,1H3,(H,18,20)(H,19,21). The summed E-state index contributed by atoms with van der Waals surface area (Å²) in [6, 6.07) is 7.74. The van der Waals surface area contributed by atoms with Gasteiger partial charge in [-0.3, -0.25) is 14.6 Å². The number of halogens is 1. The van der Waals surface area contributed by atoms with Crippen LogP contribution in [0.1, 0.15) is 11.1 Å². The predicted octanol–water partition coefficient (Wildman–Crippen LogP) is 1.78. The third-order valence-corrected chi connectivity index (χ3v) is 2.81. The van der Waals surface area contributed by atoms with Crippen LogP contribution >= 0.6 is 0 Å².